The molecule has 0 aromatic heterocycles. The lowest BCUT2D eigenvalue weighted by atomic mass is 10.1. The summed E-state index contributed by atoms with van der Waals surface area (Å²) in [7, 11) is 1.67. The average molecular weight is 399 g/mol. The number of amidine groups is 1. The van der Waals surface area contributed by atoms with Crippen molar-refractivity contribution in [3.8, 4) is 0 Å². The van der Waals surface area contributed by atoms with Gasteiger partial charge in [0.25, 0.3) is 5.91 Å². The van der Waals surface area contributed by atoms with Gasteiger partial charge in [0.2, 0.25) is 0 Å². The highest BCUT2D eigenvalue weighted by Gasteiger charge is 2.27. The Balaban J connectivity index is 1.82. The second-order valence-electron chi connectivity index (χ2n) is 5.63. The Hall–Kier alpha value is -2.83. The predicted molar refractivity (Wildman–Crippen MR) is 110 cm³/mol. The topological polar surface area (TPSA) is 70.0 Å². The molecule has 27 heavy (non-hydrogen) atoms. The molecule has 0 saturated carbocycles. The Bertz CT molecular complexity index is 984. The Morgan fingerprint density at radius 1 is 1.15 bits per heavy atom. The second kappa shape index (κ2) is 8.24. The summed E-state index contributed by atoms with van der Waals surface area (Å²) in [5.41, 5.74) is 1.51. The second-order valence-corrected chi connectivity index (χ2v) is 7.08. The van der Waals surface area contributed by atoms with Gasteiger partial charge < -0.3 is 10.0 Å². The van der Waals surface area contributed by atoms with Crippen LogP contribution in [0.2, 0.25) is 0 Å². The summed E-state index contributed by atoms with van der Waals surface area (Å²) in [5, 5.41) is 10.1. The summed E-state index contributed by atoms with van der Waals surface area (Å²) in [6, 6.07) is 16.1. The van der Waals surface area contributed by atoms with E-state index in [-0.39, 0.29) is 5.56 Å². The maximum Gasteiger partial charge on any atom is 0.337 e. The molecular formula is C20H15ClN2O3S. The van der Waals surface area contributed by atoms with Gasteiger partial charge in [0.1, 0.15) is 0 Å². The molecular weight excluding hydrogens is 384 g/mol. The summed E-state index contributed by atoms with van der Waals surface area (Å²) in [6.07, 6.45) is 3.32. The van der Waals surface area contributed by atoms with Crippen molar-refractivity contribution in [3.05, 3.63) is 81.7 Å². The number of thioether (sulfide) groups is 1. The van der Waals surface area contributed by atoms with E-state index in [2.05, 4.69) is 4.99 Å². The Kier molecular flexibility index (Phi) is 5.78. The number of carboxylic acid groups (broad SMARTS) is 1. The number of carbonyl (C=O) groups excluding carboxylic acids is 1. The molecule has 0 atom stereocenters. The number of para-hydroxylation sites is 1. The highest BCUT2D eigenvalue weighted by atomic mass is 35.5. The van der Waals surface area contributed by atoms with Crippen molar-refractivity contribution >= 4 is 52.2 Å². The third kappa shape index (κ3) is 4.48. The van der Waals surface area contributed by atoms with E-state index in [4.69, 9.17) is 11.6 Å². The first-order chi connectivity index (χ1) is 13.0. The molecule has 0 bridgehead atoms. The molecule has 3 rings (SSSR count). The van der Waals surface area contributed by atoms with Crippen molar-refractivity contribution in [3.63, 3.8) is 0 Å². The van der Waals surface area contributed by atoms with Crippen LogP contribution in [0.4, 0.5) is 5.69 Å². The minimum Gasteiger partial charge on any atom is -0.478 e. The molecule has 2 aromatic carbocycles. The summed E-state index contributed by atoms with van der Waals surface area (Å²) >= 11 is 7.40. The van der Waals surface area contributed by atoms with Crippen LogP contribution in [-0.4, -0.2) is 29.2 Å². The molecule has 0 aliphatic carbocycles. The van der Waals surface area contributed by atoms with E-state index in [0.29, 0.717) is 20.8 Å². The third-order valence-electron chi connectivity index (χ3n) is 3.77. The van der Waals surface area contributed by atoms with Crippen LogP contribution in [0.5, 0.6) is 0 Å². The number of benzene rings is 2. The van der Waals surface area contributed by atoms with Crippen molar-refractivity contribution in [1.29, 1.82) is 0 Å². The molecule has 0 unspecified atom stereocenters. The van der Waals surface area contributed by atoms with Crippen LogP contribution in [0.25, 0.3) is 6.08 Å². The first-order valence-electron chi connectivity index (χ1n) is 7.96. The maximum atomic E-state index is 12.2. The molecule has 1 aliphatic heterocycles. The molecule has 1 aliphatic rings. The molecule has 5 nitrogen and oxygen atoms in total. The van der Waals surface area contributed by atoms with E-state index in [1.165, 1.54) is 6.07 Å². The molecule has 1 heterocycles. The highest BCUT2D eigenvalue weighted by molar-refractivity contribution is 8.18. The zero-order valence-electron chi connectivity index (χ0n) is 14.3. The van der Waals surface area contributed by atoms with Gasteiger partial charge in [0.05, 0.1) is 16.2 Å². The van der Waals surface area contributed by atoms with E-state index in [9.17, 15) is 14.7 Å². The fraction of sp³-hybridized carbons (Fsp3) is 0.0500. The Labute approximate surface area is 165 Å². The molecule has 136 valence electrons. The van der Waals surface area contributed by atoms with Crippen LogP contribution in [-0.2, 0) is 4.79 Å². The largest absolute Gasteiger partial charge is 0.478 e. The number of anilines is 1. The normalized spacial score (nSPS) is 15.8. The van der Waals surface area contributed by atoms with Crippen LogP contribution in [0, 0.1) is 0 Å². The van der Waals surface area contributed by atoms with Crippen LogP contribution < -0.4 is 4.90 Å². The highest BCUT2D eigenvalue weighted by Crippen LogP contribution is 2.33. The SMILES string of the molecule is CN(C1=NC(=O)/C(=C/C(Cl)=C/c2ccccc2)S1)c1ccccc1C(=O)O. The molecule has 1 N–H and O–H groups in total. The lowest BCUT2D eigenvalue weighted by Crippen LogP contribution is -2.24. The number of carbonyl (C=O) groups is 2. The summed E-state index contributed by atoms with van der Waals surface area (Å²) < 4.78 is 0. The number of aromatic carboxylic acids is 1. The van der Waals surface area contributed by atoms with Crippen molar-refractivity contribution in [2.24, 2.45) is 4.99 Å². The minimum absolute atomic E-state index is 0.134. The number of rotatable bonds is 4. The van der Waals surface area contributed by atoms with E-state index in [1.807, 2.05) is 30.3 Å². The minimum atomic E-state index is -1.04. The Morgan fingerprint density at radius 2 is 1.81 bits per heavy atom. The van der Waals surface area contributed by atoms with Gasteiger partial charge in [-0.25, -0.2) is 4.79 Å². The number of nitrogens with zero attached hydrogens (tertiary/aromatic N) is 2. The van der Waals surface area contributed by atoms with Crippen LogP contribution in [0.3, 0.4) is 0 Å². The molecule has 0 fully saturated rings. The van der Waals surface area contributed by atoms with Gasteiger partial charge in [-0.05, 0) is 41.6 Å². The summed E-state index contributed by atoms with van der Waals surface area (Å²) in [5.74, 6) is -1.45. The third-order valence-corrected chi connectivity index (χ3v) is 5.04. The molecule has 2 aromatic rings. The van der Waals surface area contributed by atoms with E-state index in [1.54, 1.807) is 42.3 Å². The van der Waals surface area contributed by atoms with Crippen LogP contribution in [0.15, 0.2) is 75.6 Å². The number of carboxylic acids is 1. The van der Waals surface area contributed by atoms with Crippen molar-refractivity contribution < 1.29 is 14.7 Å². The number of aliphatic imine (C=N–C) groups is 1. The standard InChI is InChI=1S/C20H15ClN2O3S/c1-23(16-10-6-5-9-15(16)19(25)26)20-22-18(24)17(27-20)12-14(21)11-13-7-3-2-4-8-13/h2-12H,1H3,(H,25,26)/b14-11-,17-12-. The van der Waals surface area contributed by atoms with Crippen LogP contribution >= 0.6 is 23.4 Å². The van der Waals surface area contributed by atoms with Crippen molar-refractivity contribution in [1.82, 2.24) is 0 Å². The fourth-order valence-corrected chi connectivity index (χ4v) is 3.65. The number of amides is 1. The van der Waals surface area contributed by atoms with Gasteiger partial charge in [-0.1, -0.05) is 54.1 Å². The quantitative estimate of drug-likeness (QED) is 0.761. The van der Waals surface area contributed by atoms with Gasteiger partial charge in [0, 0.05) is 12.1 Å². The Morgan fingerprint density at radius 3 is 2.52 bits per heavy atom. The van der Waals surface area contributed by atoms with Gasteiger partial charge in [-0.15, -0.1) is 0 Å². The van der Waals surface area contributed by atoms with Gasteiger partial charge >= 0.3 is 5.97 Å². The zero-order chi connectivity index (χ0) is 19.4. The van der Waals surface area contributed by atoms with Crippen molar-refractivity contribution in [2.75, 3.05) is 11.9 Å². The number of hydrogen-bond acceptors (Lipinski definition) is 4. The lowest BCUT2D eigenvalue weighted by Gasteiger charge is -2.19. The monoisotopic (exact) mass is 398 g/mol. The van der Waals surface area contributed by atoms with E-state index < -0.39 is 11.9 Å². The fourth-order valence-electron chi connectivity index (χ4n) is 2.47. The van der Waals surface area contributed by atoms with Crippen molar-refractivity contribution in [2.45, 2.75) is 0 Å². The number of halogens is 1. The predicted octanol–water partition coefficient (Wildman–Crippen LogP) is 4.61. The first-order valence-corrected chi connectivity index (χ1v) is 9.16. The molecule has 0 radical (unpaired) electrons. The van der Waals surface area contributed by atoms with E-state index in [0.717, 1.165) is 17.3 Å². The summed E-state index contributed by atoms with van der Waals surface area (Å²) in [6.45, 7) is 0. The molecule has 1 amide bonds. The molecule has 0 spiro atoms. The van der Waals surface area contributed by atoms with Crippen LogP contribution in [0.1, 0.15) is 15.9 Å². The lowest BCUT2D eigenvalue weighted by molar-refractivity contribution is -0.113. The zero-order valence-corrected chi connectivity index (χ0v) is 15.9. The molecule has 0 saturated heterocycles. The first kappa shape index (κ1) is 18.9. The maximum absolute atomic E-state index is 12.2. The van der Waals surface area contributed by atoms with E-state index >= 15 is 0 Å². The average Bonchev–Trinajstić information content (AvgIpc) is 3.02. The number of hydrogen-bond donors (Lipinski definition) is 1. The smallest absolute Gasteiger partial charge is 0.337 e. The van der Waals surface area contributed by atoms with Gasteiger partial charge in [0.15, 0.2) is 5.17 Å². The van der Waals surface area contributed by atoms with Gasteiger partial charge in [-0.3, -0.25) is 4.79 Å². The molecule has 7 heteroatoms. The summed E-state index contributed by atoms with van der Waals surface area (Å²) in [4.78, 5) is 29.6. The number of allylic oxidation sites excluding steroid dienone is 2. The van der Waals surface area contributed by atoms with Gasteiger partial charge in [-0.2, -0.15) is 4.99 Å².